The van der Waals surface area contributed by atoms with Gasteiger partial charge in [0.2, 0.25) is 0 Å². The van der Waals surface area contributed by atoms with Crippen LogP contribution < -0.4 is 5.32 Å². The van der Waals surface area contributed by atoms with Crippen LogP contribution in [0.3, 0.4) is 0 Å². The Balaban J connectivity index is 2.09. The van der Waals surface area contributed by atoms with Gasteiger partial charge >= 0.3 is 0 Å². The number of carbonyl (C=O) groups excluding carboxylic acids is 1. The molecule has 0 heterocycles. The maximum absolute atomic E-state index is 13.5. The van der Waals surface area contributed by atoms with Gasteiger partial charge in [-0.25, -0.2) is 8.78 Å². The lowest BCUT2D eigenvalue weighted by Gasteiger charge is -2.25. The molecule has 0 bridgehead atoms. The number of amides is 1. The third kappa shape index (κ3) is 4.36. The molecule has 0 radical (unpaired) electrons. The first-order valence-corrected chi connectivity index (χ1v) is 7.34. The Morgan fingerprint density at radius 2 is 1.91 bits per heavy atom. The van der Waals surface area contributed by atoms with E-state index in [2.05, 4.69) is 5.32 Å². The number of carbonyl (C=O) groups is 1. The van der Waals surface area contributed by atoms with E-state index in [1.807, 2.05) is 25.1 Å². The molecule has 122 valence electrons. The van der Waals surface area contributed by atoms with Crippen LogP contribution >= 0.6 is 0 Å². The molecule has 0 aromatic heterocycles. The second-order valence-corrected chi connectivity index (χ2v) is 5.71. The fraction of sp³-hybridized carbons (Fsp3) is 0.278. The van der Waals surface area contributed by atoms with Gasteiger partial charge in [0, 0.05) is 12.1 Å². The van der Waals surface area contributed by atoms with Crippen LogP contribution in [0.1, 0.15) is 27.5 Å². The first-order valence-electron chi connectivity index (χ1n) is 7.34. The largest absolute Gasteiger partial charge is 0.350 e. The SMILES string of the molecule is Cc1ccc(C(=O)NCC(c2cccc(F)c2)N(C)C)cc1F. The number of hydrogen-bond acceptors (Lipinski definition) is 2. The lowest BCUT2D eigenvalue weighted by atomic mass is 10.1. The van der Waals surface area contributed by atoms with Crippen LogP contribution in [0.25, 0.3) is 0 Å². The molecule has 2 rings (SSSR count). The van der Waals surface area contributed by atoms with Crippen molar-refractivity contribution in [1.29, 1.82) is 0 Å². The maximum Gasteiger partial charge on any atom is 0.251 e. The van der Waals surface area contributed by atoms with Gasteiger partial charge in [0.25, 0.3) is 5.91 Å². The number of nitrogens with zero attached hydrogens (tertiary/aromatic N) is 1. The van der Waals surface area contributed by atoms with Crippen molar-refractivity contribution >= 4 is 5.91 Å². The fourth-order valence-corrected chi connectivity index (χ4v) is 2.34. The molecule has 1 atom stereocenters. The van der Waals surface area contributed by atoms with Gasteiger partial charge in [-0.15, -0.1) is 0 Å². The zero-order chi connectivity index (χ0) is 17.0. The first kappa shape index (κ1) is 17.1. The van der Waals surface area contributed by atoms with Gasteiger partial charge in [0.1, 0.15) is 11.6 Å². The Morgan fingerprint density at radius 1 is 1.17 bits per heavy atom. The topological polar surface area (TPSA) is 32.3 Å². The molecule has 2 aromatic carbocycles. The van der Waals surface area contributed by atoms with E-state index >= 15 is 0 Å². The summed E-state index contributed by atoms with van der Waals surface area (Å²) in [7, 11) is 3.71. The van der Waals surface area contributed by atoms with Crippen molar-refractivity contribution in [2.45, 2.75) is 13.0 Å². The number of benzene rings is 2. The van der Waals surface area contributed by atoms with Crippen molar-refractivity contribution in [3.8, 4) is 0 Å². The summed E-state index contributed by atoms with van der Waals surface area (Å²) in [6.45, 7) is 1.94. The molecular weight excluding hydrogens is 298 g/mol. The van der Waals surface area contributed by atoms with Crippen LogP contribution in [0.2, 0.25) is 0 Å². The molecule has 0 saturated carbocycles. The van der Waals surface area contributed by atoms with E-state index in [1.54, 1.807) is 25.1 Å². The van der Waals surface area contributed by atoms with Crippen molar-refractivity contribution in [1.82, 2.24) is 10.2 Å². The molecule has 0 aliphatic heterocycles. The van der Waals surface area contributed by atoms with Crippen molar-refractivity contribution in [3.05, 3.63) is 70.8 Å². The highest BCUT2D eigenvalue weighted by atomic mass is 19.1. The van der Waals surface area contributed by atoms with Gasteiger partial charge in [0.15, 0.2) is 0 Å². The molecular formula is C18H20F2N2O. The van der Waals surface area contributed by atoms with Crippen molar-refractivity contribution in [2.24, 2.45) is 0 Å². The quantitative estimate of drug-likeness (QED) is 0.917. The van der Waals surface area contributed by atoms with Gasteiger partial charge in [0.05, 0.1) is 6.04 Å². The summed E-state index contributed by atoms with van der Waals surface area (Å²) >= 11 is 0. The van der Waals surface area contributed by atoms with E-state index in [-0.39, 0.29) is 23.3 Å². The second kappa shape index (κ2) is 7.33. The van der Waals surface area contributed by atoms with Crippen molar-refractivity contribution in [3.63, 3.8) is 0 Å². The lowest BCUT2D eigenvalue weighted by Crippen LogP contribution is -2.34. The summed E-state index contributed by atoms with van der Waals surface area (Å²) in [5.74, 6) is -1.08. The monoisotopic (exact) mass is 318 g/mol. The van der Waals surface area contributed by atoms with Crippen LogP contribution in [-0.2, 0) is 0 Å². The predicted octanol–water partition coefficient (Wildman–Crippen LogP) is 3.31. The Bertz CT molecular complexity index is 701. The molecule has 1 amide bonds. The van der Waals surface area contributed by atoms with Crippen LogP contribution in [0, 0.1) is 18.6 Å². The van der Waals surface area contributed by atoms with Gasteiger partial charge in [-0.3, -0.25) is 4.79 Å². The fourth-order valence-electron chi connectivity index (χ4n) is 2.34. The number of halogens is 2. The number of nitrogens with one attached hydrogen (secondary N) is 1. The van der Waals surface area contributed by atoms with Crippen LogP contribution in [0.4, 0.5) is 8.78 Å². The lowest BCUT2D eigenvalue weighted by molar-refractivity contribution is 0.0941. The van der Waals surface area contributed by atoms with Crippen molar-refractivity contribution < 1.29 is 13.6 Å². The number of rotatable bonds is 5. The third-order valence-electron chi connectivity index (χ3n) is 3.75. The molecule has 0 spiro atoms. The highest BCUT2D eigenvalue weighted by Gasteiger charge is 2.17. The van der Waals surface area contributed by atoms with Crippen molar-refractivity contribution in [2.75, 3.05) is 20.6 Å². The summed E-state index contributed by atoms with van der Waals surface area (Å²) in [5, 5.41) is 2.78. The summed E-state index contributed by atoms with van der Waals surface area (Å²) in [6, 6.07) is 10.5. The smallest absolute Gasteiger partial charge is 0.251 e. The predicted molar refractivity (Wildman–Crippen MR) is 86.3 cm³/mol. The molecule has 1 unspecified atom stereocenters. The van der Waals surface area contributed by atoms with Gasteiger partial charge in [-0.05, 0) is 56.4 Å². The van der Waals surface area contributed by atoms with E-state index in [0.29, 0.717) is 12.1 Å². The molecule has 1 N–H and O–H groups in total. The van der Waals surface area contributed by atoms with Crippen LogP contribution in [0.15, 0.2) is 42.5 Å². The van der Waals surface area contributed by atoms with E-state index in [1.165, 1.54) is 18.2 Å². The number of hydrogen-bond donors (Lipinski definition) is 1. The molecule has 23 heavy (non-hydrogen) atoms. The molecule has 0 aliphatic rings. The Labute approximate surface area is 134 Å². The minimum Gasteiger partial charge on any atom is -0.350 e. The summed E-state index contributed by atoms with van der Waals surface area (Å²) in [5.41, 5.74) is 1.53. The normalized spacial score (nSPS) is 12.3. The third-order valence-corrected chi connectivity index (χ3v) is 3.75. The number of likely N-dealkylation sites (N-methyl/N-ethyl adjacent to an activating group) is 1. The minimum absolute atomic E-state index is 0.176. The van der Waals surface area contributed by atoms with E-state index < -0.39 is 5.82 Å². The Morgan fingerprint density at radius 3 is 2.52 bits per heavy atom. The zero-order valence-corrected chi connectivity index (χ0v) is 13.4. The zero-order valence-electron chi connectivity index (χ0n) is 13.4. The van der Waals surface area contributed by atoms with E-state index in [0.717, 1.165) is 5.56 Å². The molecule has 0 aliphatic carbocycles. The highest BCUT2D eigenvalue weighted by Crippen LogP contribution is 2.18. The molecule has 0 saturated heterocycles. The molecule has 3 nitrogen and oxygen atoms in total. The minimum atomic E-state index is -0.410. The summed E-state index contributed by atoms with van der Waals surface area (Å²) in [4.78, 5) is 14.1. The molecule has 5 heteroatoms. The average Bonchev–Trinajstić information content (AvgIpc) is 2.49. The Hall–Kier alpha value is -2.27. The molecule has 2 aromatic rings. The molecule has 0 fully saturated rings. The second-order valence-electron chi connectivity index (χ2n) is 5.71. The van der Waals surface area contributed by atoms with Gasteiger partial charge in [-0.1, -0.05) is 18.2 Å². The van der Waals surface area contributed by atoms with Gasteiger partial charge < -0.3 is 10.2 Å². The van der Waals surface area contributed by atoms with E-state index in [4.69, 9.17) is 0 Å². The summed E-state index contributed by atoms with van der Waals surface area (Å²) in [6.07, 6.45) is 0. The maximum atomic E-state index is 13.5. The average molecular weight is 318 g/mol. The standard InChI is InChI=1S/C18H20F2N2O/c1-12-7-8-14(10-16(12)20)18(23)21-11-17(22(2)3)13-5-4-6-15(19)9-13/h4-10,17H,11H2,1-3H3,(H,21,23). The number of aryl methyl sites for hydroxylation is 1. The van der Waals surface area contributed by atoms with Gasteiger partial charge in [-0.2, -0.15) is 0 Å². The Kier molecular flexibility index (Phi) is 5.45. The van der Waals surface area contributed by atoms with Crippen LogP contribution in [0.5, 0.6) is 0 Å². The van der Waals surface area contributed by atoms with E-state index in [9.17, 15) is 13.6 Å². The summed E-state index contributed by atoms with van der Waals surface area (Å²) < 4.78 is 26.9. The van der Waals surface area contributed by atoms with Crippen LogP contribution in [-0.4, -0.2) is 31.4 Å². The highest BCUT2D eigenvalue weighted by molar-refractivity contribution is 5.94. The first-order chi connectivity index (χ1) is 10.9.